The highest BCUT2D eigenvalue weighted by Gasteiger charge is 2.26. The summed E-state index contributed by atoms with van der Waals surface area (Å²) in [4.78, 5) is 18.4. The average molecular weight is 420 g/mol. The number of nitrogens with one attached hydrogen (secondary N) is 1. The number of hydrogen-bond acceptors (Lipinski definition) is 7. The normalized spacial score (nSPS) is 19.8. The molecule has 1 N–H and O–H groups in total. The van der Waals surface area contributed by atoms with Gasteiger partial charge in [-0.05, 0) is 44.2 Å². The molecule has 2 aromatic rings. The van der Waals surface area contributed by atoms with Gasteiger partial charge in [0.25, 0.3) is 0 Å². The van der Waals surface area contributed by atoms with Crippen LogP contribution in [0.15, 0.2) is 27.6 Å². The first-order valence-corrected chi connectivity index (χ1v) is 11.3. The number of carbonyl (C=O) groups excluding carboxylic acids is 1. The largest absolute Gasteiger partial charge is 0.377 e. The van der Waals surface area contributed by atoms with Crippen molar-refractivity contribution >= 4 is 15.9 Å². The van der Waals surface area contributed by atoms with E-state index in [1.807, 2.05) is 0 Å². The smallest absolute Gasteiger partial charge is 0.316 e. The molecule has 3 heterocycles. The maximum atomic E-state index is 12.8. The Hall–Kier alpha value is -2.30. The number of amides is 1. The van der Waals surface area contributed by atoms with Crippen LogP contribution in [0.3, 0.4) is 0 Å². The third-order valence-corrected chi connectivity index (χ3v) is 6.83. The van der Waals surface area contributed by atoms with Gasteiger partial charge in [0.05, 0.1) is 11.0 Å². The Morgan fingerprint density at radius 1 is 1.28 bits per heavy atom. The van der Waals surface area contributed by atoms with Crippen molar-refractivity contribution in [2.75, 3.05) is 26.2 Å². The van der Waals surface area contributed by atoms with Crippen molar-refractivity contribution < 1.29 is 22.5 Å². The molecule has 0 saturated carbocycles. The van der Waals surface area contributed by atoms with E-state index in [1.54, 1.807) is 24.0 Å². The second-order valence-corrected chi connectivity index (χ2v) is 9.13. The summed E-state index contributed by atoms with van der Waals surface area (Å²) < 4.78 is 38.8. The van der Waals surface area contributed by atoms with Crippen LogP contribution in [-0.2, 0) is 14.8 Å². The van der Waals surface area contributed by atoms with Gasteiger partial charge in [-0.1, -0.05) is 17.3 Å². The molecule has 2 aliphatic rings. The molecule has 0 bridgehead atoms. The predicted molar refractivity (Wildman–Crippen MR) is 104 cm³/mol. The highest BCUT2D eigenvalue weighted by molar-refractivity contribution is 7.89. The topological polar surface area (TPSA) is 115 Å². The number of benzene rings is 1. The Morgan fingerprint density at radius 2 is 2.07 bits per heavy atom. The molecule has 0 unspecified atom stereocenters. The average Bonchev–Trinajstić information content (AvgIpc) is 3.49. The summed E-state index contributed by atoms with van der Waals surface area (Å²) in [6, 6.07) is 4.90. The minimum Gasteiger partial charge on any atom is -0.377 e. The van der Waals surface area contributed by atoms with Crippen LogP contribution in [0.5, 0.6) is 0 Å². The van der Waals surface area contributed by atoms with Crippen LogP contribution in [0.2, 0.25) is 0 Å². The first-order chi connectivity index (χ1) is 13.9. The van der Waals surface area contributed by atoms with E-state index in [9.17, 15) is 13.2 Å². The molecule has 1 aromatic heterocycles. The van der Waals surface area contributed by atoms with Crippen LogP contribution in [0.25, 0.3) is 11.4 Å². The summed E-state index contributed by atoms with van der Waals surface area (Å²) in [6.45, 7) is 3.99. The molecule has 1 aromatic carbocycles. The number of aryl methyl sites for hydroxylation is 1. The Bertz CT molecular complexity index is 992. The highest BCUT2D eigenvalue weighted by Crippen LogP contribution is 2.24. The lowest BCUT2D eigenvalue weighted by atomic mass is 10.1. The van der Waals surface area contributed by atoms with Crippen molar-refractivity contribution in [2.24, 2.45) is 0 Å². The van der Waals surface area contributed by atoms with Gasteiger partial charge in [-0.25, -0.2) is 13.1 Å². The van der Waals surface area contributed by atoms with Crippen molar-refractivity contribution in [2.45, 2.75) is 43.6 Å². The van der Waals surface area contributed by atoms with E-state index < -0.39 is 10.0 Å². The lowest BCUT2D eigenvalue weighted by Crippen LogP contribution is -2.32. The van der Waals surface area contributed by atoms with Gasteiger partial charge in [-0.2, -0.15) is 4.98 Å². The maximum absolute atomic E-state index is 12.8. The van der Waals surface area contributed by atoms with Crippen molar-refractivity contribution in [3.05, 3.63) is 29.7 Å². The van der Waals surface area contributed by atoms with E-state index in [2.05, 4.69) is 14.9 Å². The predicted octanol–water partition coefficient (Wildman–Crippen LogP) is 1.74. The minimum absolute atomic E-state index is 0.0802. The standard InChI is InChI=1S/C19H24N4O5S/c1-13-6-7-14(11-16(13)29(25,26)20-12-15-5-4-10-27-15)17-21-18(28-22-17)19(24)23-8-2-3-9-23/h6-7,11,15,20H,2-5,8-10,12H2,1H3/t15-/m1/s1. The van der Waals surface area contributed by atoms with Crippen LogP contribution in [0, 0.1) is 6.92 Å². The second-order valence-electron chi connectivity index (χ2n) is 7.39. The van der Waals surface area contributed by atoms with Crippen LogP contribution in [0.1, 0.15) is 41.9 Å². The van der Waals surface area contributed by atoms with Crippen molar-refractivity contribution in [3.63, 3.8) is 0 Å². The quantitative estimate of drug-likeness (QED) is 0.757. The van der Waals surface area contributed by atoms with E-state index in [0.717, 1.165) is 25.7 Å². The fraction of sp³-hybridized carbons (Fsp3) is 0.526. The number of rotatable bonds is 6. The molecule has 2 saturated heterocycles. The molecule has 29 heavy (non-hydrogen) atoms. The molecule has 4 rings (SSSR count). The van der Waals surface area contributed by atoms with E-state index in [0.29, 0.717) is 30.8 Å². The lowest BCUT2D eigenvalue weighted by Gasteiger charge is -2.13. The first kappa shape index (κ1) is 20.0. The maximum Gasteiger partial charge on any atom is 0.316 e. The zero-order valence-corrected chi connectivity index (χ0v) is 17.1. The number of nitrogens with zero attached hydrogens (tertiary/aromatic N) is 3. The van der Waals surface area contributed by atoms with Crippen LogP contribution in [-0.4, -0.2) is 61.7 Å². The number of ether oxygens (including phenoxy) is 1. The molecule has 0 spiro atoms. The fourth-order valence-corrected chi connectivity index (χ4v) is 4.93. The number of aromatic nitrogens is 2. The highest BCUT2D eigenvalue weighted by atomic mass is 32.2. The van der Waals surface area contributed by atoms with E-state index in [-0.39, 0.29) is 35.2 Å². The number of carbonyl (C=O) groups is 1. The second kappa shape index (κ2) is 8.21. The molecular weight excluding hydrogens is 396 g/mol. The Labute approximate surface area is 169 Å². The number of sulfonamides is 1. The Balaban J connectivity index is 1.54. The SMILES string of the molecule is Cc1ccc(-c2noc(C(=O)N3CCCC3)n2)cc1S(=O)(=O)NC[C@H]1CCCO1. The van der Waals surface area contributed by atoms with Gasteiger partial charge < -0.3 is 14.2 Å². The van der Waals surface area contributed by atoms with Crippen molar-refractivity contribution in [3.8, 4) is 11.4 Å². The molecule has 2 aliphatic heterocycles. The van der Waals surface area contributed by atoms with E-state index in [4.69, 9.17) is 9.26 Å². The van der Waals surface area contributed by atoms with Crippen LogP contribution in [0.4, 0.5) is 0 Å². The zero-order chi connectivity index (χ0) is 20.4. The third kappa shape index (κ3) is 4.34. The molecule has 1 atom stereocenters. The van der Waals surface area contributed by atoms with Gasteiger partial charge in [0.15, 0.2) is 0 Å². The van der Waals surface area contributed by atoms with Gasteiger partial charge in [0.2, 0.25) is 15.8 Å². The summed E-state index contributed by atoms with van der Waals surface area (Å²) in [6.07, 6.45) is 3.62. The van der Waals surface area contributed by atoms with Gasteiger partial charge >= 0.3 is 11.8 Å². The number of hydrogen-bond donors (Lipinski definition) is 1. The van der Waals surface area contributed by atoms with Gasteiger partial charge in [-0.15, -0.1) is 0 Å². The van der Waals surface area contributed by atoms with Gasteiger partial charge in [0, 0.05) is 31.8 Å². The van der Waals surface area contributed by atoms with Crippen molar-refractivity contribution in [1.82, 2.24) is 19.8 Å². The summed E-state index contributed by atoms with van der Waals surface area (Å²) >= 11 is 0. The van der Waals surface area contributed by atoms with Crippen LogP contribution < -0.4 is 4.72 Å². The molecule has 9 nitrogen and oxygen atoms in total. The van der Waals surface area contributed by atoms with Crippen LogP contribution >= 0.6 is 0 Å². The lowest BCUT2D eigenvalue weighted by molar-refractivity contribution is 0.0743. The summed E-state index contributed by atoms with van der Waals surface area (Å²) in [5.74, 6) is -0.189. The molecule has 0 aliphatic carbocycles. The Kier molecular flexibility index (Phi) is 5.66. The molecule has 10 heteroatoms. The van der Waals surface area contributed by atoms with Crippen molar-refractivity contribution in [1.29, 1.82) is 0 Å². The summed E-state index contributed by atoms with van der Waals surface area (Å²) in [7, 11) is -3.72. The first-order valence-electron chi connectivity index (χ1n) is 9.79. The zero-order valence-electron chi connectivity index (χ0n) is 16.3. The van der Waals surface area contributed by atoms with Gasteiger partial charge in [-0.3, -0.25) is 4.79 Å². The molecular formula is C19H24N4O5S. The molecule has 156 valence electrons. The molecule has 0 radical (unpaired) electrons. The van der Waals surface area contributed by atoms with E-state index >= 15 is 0 Å². The molecule has 2 fully saturated rings. The third-order valence-electron chi connectivity index (χ3n) is 5.26. The number of likely N-dealkylation sites (tertiary alicyclic amines) is 1. The van der Waals surface area contributed by atoms with E-state index in [1.165, 1.54) is 6.07 Å². The van der Waals surface area contributed by atoms with Gasteiger partial charge in [0.1, 0.15) is 0 Å². The Morgan fingerprint density at radius 3 is 2.79 bits per heavy atom. The summed E-state index contributed by atoms with van der Waals surface area (Å²) in [5, 5.41) is 3.87. The summed E-state index contributed by atoms with van der Waals surface area (Å²) in [5.41, 5.74) is 1.07. The monoisotopic (exact) mass is 420 g/mol. The fourth-order valence-electron chi connectivity index (χ4n) is 3.60. The molecule has 1 amide bonds. The minimum atomic E-state index is -3.72.